The van der Waals surface area contributed by atoms with Crippen molar-refractivity contribution in [1.29, 1.82) is 0 Å². The summed E-state index contributed by atoms with van der Waals surface area (Å²) in [4.78, 5) is 15.3. The van der Waals surface area contributed by atoms with E-state index < -0.39 is 9.84 Å². The highest BCUT2D eigenvalue weighted by Gasteiger charge is 2.30. The van der Waals surface area contributed by atoms with E-state index in [4.69, 9.17) is 0 Å². The van der Waals surface area contributed by atoms with Crippen LogP contribution < -0.4 is 5.32 Å². The Labute approximate surface area is 146 Å². The van der Waals surface area contributed by atoms with Gasteiger partial charge in [-0.25, -0.2) is 8.42 Å². The van der Waals surface area contributed by atoms with Gasteiger partial charge in [0.1, 0.15) is 4.21 Å². The van der Waals surface area contributed by atoms with Crippen molar-refractivity contribution in [2.24, 2.45) is 0 Å². The lowest BCUT2D eigenvalue weighted by Crippen LogP contribution is -2.40. The van der Waals surface area contributed by atoms with E-state index in [-0.39, 0.29) is 21.1 Å². The molecule has 1 unspecified atom stereocenters. The second-order valence-electron chi connectivity index (χ2n) is 5.79. The van der Waals surface area contributed by atoms with E-state index in [0.717, 1.165) is 37.3 Å². The van der Waals surface area contributed by atoms with Gasteiger partial charge >= 0.3 is 0 Å². The molecule has 3 rings (SSSR count). The van der Waals surface area contributed by atoms with Crippen molar-refractivity contribution >= 4 is 27.1 Å². The molecule has 1 aromatic carbocycles. The number of rotatable bonds is 5. The summed E-state index contributed by atoms with van der Waals surface area (Å²) in [7, 11) is -1.69. The van der Waals surface area contributed by atoms with Gasteiger partial charge < -0.3 is 10.2 Å². The van der Waals surface area contributed by atoms with Crippen LogP contribution in [0.15, 0.2) is 51.6 Å². The van der Waals surface area contributed by atoms with Crippen LogP contribution in [0.5, 0.6) is 0 Å². The Morgan fingerprint density at radius 1 is 1.25 bits per heavy atom. The minimum absolute atomic E-state index is 0.0766. The Kier molecular flexibility index (Phi) is 5.03. The van der Waals surface area contributed by atoms with Crippen LogP contribution in [0.2, 0.25) is 0 Å². The predicted octanol–water partition coefficient (Wildman–Crippen LogP) is 2.40. The van der Waals surface area contributed by atoms with Crippen molar-refractivity contribution in [3.05, 3.63) is 47.3 Å². The molecule has 1 atom stereocenters. The number of benzene rings is 1. The van der Waals surface area contributed by atoms with E-state index in [1.807, 2.05) is 11.9 Å². The maximum Gasteiger partial charge on any atom is 0.264 e. The third kappa shape index (κ3) is 3.24. The molecular formula is C17H20N2O3S2. The summed E-state index contributed by atoms with van der Waals surface area (Å²) in [5.41, 5.74) is 0. The molecule has 0 saturated carbocycles. The Bertz CT molecular complexity index is 815. The minimum Gasteiger partial charge on any atom is -0.334 e. The lowest BCUT2D eigenvalue weighted by atomic mass is 10.2. The number of amides is 1. The van der Waals surface area contributed by atoms with Gasteiger partial charge in [0.25, 0.3) is 5.91 Å². The zero-order chi connectivity index (χ0) is 17.2. The van der Waals surface area contributed by atoms with Crippen LogP contribution in [-0.4, -0.2) is 45.4 Å². The van der Waals surface area contributed by atoms with Gasteiger partial charge in [0.2, 0.25) is 9.84 Å². The van der Waals surface area contributed by atoms with Gasteiger partial charge in [0.15, 0.2) is 0 Å². The molecule has 1 fully saturated rings. The molecule has 1 amide bonds. The summed E-state index contributed by atoms with van der Waals surface area (Å²) >= 11 is 1.05. The van der Waals surface area contributed by atoms with Gasteiger partial charge in [-0.2, -0.15) is 0 Å². The number of likely N-dealkylation sites (tertiary alicyclic amines) is 1. The Hall–Kier alpha value is -1.70. The molecule has 1 saturated heterocycles. The van der Waals surface area contributed by atoms with Crippen LogP contribution in [0.25, 0.3) is 0 Å². The number of sulfone groups is 1. The van der Waals surface area contributed by atoms with Crippen LogP contribution in [0.1, 0.15) is 22.5 Å². The summed E-state index contributed by atoms with van der Waals surface area (Å²) < 4.78 is 25.5. The fourth-order valence-electron chi connectivity index (χ4n) is 2.99. The number of hydrogen-bond donors (Lipinski definition) is 1. The van der Waals surface area contributed by atoms with Crippen molar-refractivity contribution < 1.29 is 13.2 Å². The second kappa shape index (κ2) is 7.04. The normalized spacial score (nSPS) is 18.0. The fourth-order valence-corrected chi connectivity index (χ4v) is 5.67. The molecule has 1 N–H and O–H groups in total. The molecule has 0 aliphatic carbocycles. The monoisotopic (exact) mass is 364 g/mol. The minimum atomic E-state index is -3.56. The van der Waals surface area contributed by atoms with Crippen LogP contribution in [0.3, 0.4) is 0 Å². The van der Waals surface area contributed by atoms with Crippen molar-refractivity contribution in [2.75, 3.05) is 20.1 Å². The summed E-state index contributed by atoms with van der Waals surface area (Å²) in [5.74, 6) is -0.0766. The van der Waals surface area contributed by atoms with Crippen molar-refractivity contribution in [3.63, 3.8) is 0 Å². The molecule has 0 bridgehead atoms. The summed E-state index contributed by atoms with van der Waals surface area (Å²) in [6, 6.07) is 11.6. The summed E-state index contributed by atoms with van der Waals surface area (Å²) in [6.45, 7) is 1.48. The van der Waals surface area contributed by atoms with Crippen LogP contribution >= 0.6 is 11.3 Å². The molecule has 1 aromatic heterocycles. The van der Waals surface area contributed by atoms with E-state index in [2.05, 4.69) is 5.32 Å². The van der Waals surface area contributed by atoms with Crippen molar-refractivity contribution in [3.8, 4) is 0 Å². The van der Waals surface area contributed by atoms with Crippen molar-refractivity contribution in [2.45, 2.75) is 28.0 Å². The highest BCUT2D eigenvalue weighted by Crippen LogP contribution is 2.30. The molecule has 2 heterocycles. The number of carbonyl (C=O) groups is 1. The Morgan fingerprint density at radius 3 is 2.71 bits per heavy atom. The van der Waals surface area contributed by atoms with Gasteiger partial charge in [-0.05, 0) is 44.2 Å². The van der Waals surface area contributed by atoms with E-state index in [0.29, 0.717) is 4.88 Å². The molecule has 128 valence electrons. The number of nitrogens with zero attached hydrogens (tertiary/aromatic N) is 1. The van der Waals surface area contributed by atoms with Crippen LogP contribution in [0, 0.1) is 0 Å². The lowest BCUT2D eigenvalue weighted by Gasteiger charge is -2.23. The Balaban J connectivity index is 1.84. The number of hydrogen-bond acceptors (Lipinski definition) is 5. The van der Waals surface area contributed by atoms with Gasteiger partial charge in [0.05, 0.1) is 9.77 Å². The maximum atomic E-state index is 12.7. The highest BCUT2D eigenvalue weighted by molar-refractivity contribution is 7.93. The third-order valence-corrected chi connectivity index (χ3v) is 7.52. The van der Waals surface area contributed by atoms with Gasteiger partial charge in [0, 0.05) is 19.1 Å². The van der Waals surface area contributed by atoms with E-state index >= 15 is 0 Å². The third-order valence-electron chi connectivity index (χ3n) is 4.19. The maximum absolute atomic E-state index is 12.7. The van der Waals surface area contributed by atoms with Crippen LogP contribution in [-0.2, 0) is 9.84 Å². The van der Waals surface area contributed by atoms with E-state index in [1.54, 1.807) is 36.4 Å². The van der Waals surface area contributed by atoms with E-state index in [9.17, 15) is 13.2 Å². The number of nitrogens with one attached hydrogen (secondary N) is 1. The highest BCUT2D eigenvalue weighted by atomic mass is 32.2. The smallest absolute Gasteiger partial charge is 0.264 e. The van der Waals surface area contributed by atoms with Crippen LogP contribution in [0.4, 0.5) is 0 Å². The summed E-state index contributed by atoms with van der Waals surface area (Å²) in [5, 5.41) is 3.11. The molecule has 0 spiro atoms. The first-order valence-corrected chi connectivity index (χ1v) is 10.2. The Morgan fingerprint density at radius 2 is 2.00 bits per heavy atom. The lowest BCUT2D eigenvalue weighted by molar-refractivity contribution is 0.0742. The van der Waals surface area contributed by atoms with E-state index in [1.165, 1.54) is 6.07 Å². The largest absolute Gasteiger partial charge is 0.334 e. The zero-order valence-electron chi connectivity index (χ0n) is 13.4. The molecular weight excluding hydrogens is 344 g/mol. The molecule has 7 heteroatoms. The average Bonchev–Trinajstić information content (AvgIpc) is 3.25. The SMILES string of the molecule is CNCC1CCCN1C(=O)c1ccc(S(=O)(=O)c2ccccc2)s1. The fraction of sp³-hybridized carbons (Fsp3) is 0.353. The molecule has 0 radical (unpaired) electrons. The summed E-state index contributed by atoms with van der Waals surface area (Å²) in [6.07, 6.45) is 1.96. The first-order chi connectivity index (χ1) is 11.5. The molecule has 2 aromatic rings. The molecule has 5 nitrogen and oxygen atoms in total. The standard InChI is InChI=1S/C17H20N2O3S2/c1-18-12-13-6-5-11-19(13)17(20)15-9-10-16(23-15)24(21,22)14-7-3-2-4-8-14/h2-4,7-10,13,18H,5-6,11-12H2,1H3. The average molecular weight is 364 g/mol. The number of likely N-dealkylation sites (N-methyl/N-ethyl adjacent to an activating group) is 1. The molecule has 24 heavy (non-hydrogen) atoms. The molecule has 1 aliphatic heterocycles. The number of thiophene rings is 1. The molecule has 1 aliphatic rings. The predicted molar refractivity (Wildman–Crippen MR) is 94.2 cm³/mol. The zero-order valence-corrected chi connectivity index (χ0v) is 15.1. The first kappa shape index (κ1) is 17.1. The van der Waals surface area contributed by atoms with Gasteiger partial charge in [-0.1, -0.05) is 18.2 Å². The van der Waals surface area contributed by atoms with Gasteiger partial charge in [-0.3, -0.25) is 4.79 Å². The van der Waals surface area contributed by atoms with Gasteiger partial charge in [-0.15, -0.1) is 11.3 Å². The topological polar surface area (TPSA) is 66.5 Å². The number of carbonyl (C=O) groups excluding carboxylic acids is 1. The quantitative estimate of drug-likeness (QED) is 0.885. The van der Waals surface area contributed by atoms with Crippen molar-refractivity contribution in [1.82, 2.24) is 10.2 Å². The first-order valence-electron chi connectivity index (χ1n) is 7.89. The second-order valence-corrected chi connectivity index (χ2v) is 9.05.